The first-order valence-electron chi connectivity index (χ1n) is 5.59. The van der Waals surface area contributed by atoms with Crippen molar-refractivity contribution in [3.63, 3.8) is 0 Å². The van der Waals surface area contributed by atoms with Gasteiger partial charge >= 0.3 is 0 Å². The smallest absolute Gasteiger partial charge is 0.0161 e. The van der Waals surface area contributed by atoms with Crippen molar-refractivity contribution in [2.45, 2.75) is 13.8 Å². The van der Waals surface area contributed by atoms with Crippen molar-refractivity contribution < 1.29 is 20.1 Å². The molecule has 0 aliphatic rings. The second kappa shape index (κ2) is 7.97. The van der Waals surface area contributed by atoms with Crippen LogP contribution in [0.4, 0.5) is 0 Å². The van der Waals surface area contributed by atoms with Gasteiger partial charge in [0.15, 0.2) is 0 Å². The van der Waals surface area contributed by atoms with Crippen LogP contribution in [0.2, 0.25) is 0 Å². The molecule has 0 fully saturated rings. The van der Waals surface area contributed by atoms with Gasteiger partial charge in [-0.1, -0.05) is 32.0 Å². The molecule has 1 nitrogen and oxygen atoms in total. The maximum atomic E-state index is 4.38. The molecular formula is C16H17IrN-2. The van der Waals surface area contributed by atoms with Crippen LogP contribution >= 0.6 is 0 Å². The van der Waals surface area contributed by atoms with Crippen molar-refractivity contribution in [2.24, 2.45) is 0 Å². The van der Waals surface area contributed by atoms with Crippen LogP contribution in [0.15, 0.2) is 48.7 Å². The Bertz CT molecular complexity index is 550. The summed E-state index contributed by atoms with van der Waals surface area (Å²) >= 11 is 0. The molecule has 0 atom stereocenters. The summed E-state index contributed by atoms with van der Waals surface area (Å²) < 4.78 is 0. The van der Waals surface area contributed by atoms with Crippen LogP contribution in [0.1, 0.15) is 13.8 Å². The van der Waals surface area contributed by atoms with E-state index in [0.717, 1.165) is 10.9 Å². The summed E-state index contributed by atoms with van der Waals surface area (Å²) in [5, 5.41) is 3.46. The molecule has 1 heterocycles. The van der Waals surface area contributed by atoms with Gasteiger partial charge in [0.1, 0.15) is 0 Å². The minimum absolute atomic E-state index is 0. The van der Waals surface area contributed by atoms with Crippen molar-refractivity contribution >= 4 is 21.7 Å². The molecule has 0 spiro atoms. The molecule has 3 rings (SSSR count). The van der Waals surface area contributed by atoms with Gasteiger partial charge in [-0.2, -0.15) is 0 Å². The van der Waals surface area contributed by atoms with E-state index in [1.807, 2.05) is 38.2 Å². The monoisotopic (exact) mass is 416 g/mol. The summed E-state index contributed by atoms with van der Waals surface area (Å²) in [5.41, 5.74) is 1.03. The van der Waals surface area contributed by atoms with E-state index in [-0.39, 0.29) is 27.5 Å². The zero-order valence-corrected chi connectivity index (χ0v) is 13.3. The fraction of sp³-hybridized carbons (Fsp3) is 0.125. The molecule has 0 aliphatic heterocycles. The molecule has 2 heteroatoms. The minimum atomic E-state index is 0. The average molecular weight is 416 g/mol. The van der Waals surface area contributed by atoms with Gasteiger partial charge in [0, 0.05) is 26.3 Å². The van der Waals surface area contributed by atoms with Crippen LogP contribution in [0.25, 0.3) is 21.7 Å². The Labute approximate surface area is 123 Å². The molecule has 0 saturated carbocycles. The average Bonchev–Trinajstić information content (AvgIpc) is 2.41. The third-order valence-electron chi connectivity index (χ3n) is 2.41. The van der Waals surface area contributed by atoms with Crippen molar-refractivity contribution in [2.75, 3.05) is 0 Å². The van der Waals surface area contributed by atoms with E-state index >= 15 is 0 Å². The van der Waals surface area contributed by atoms with Gasteiger partial charge in [-0.15, -0.1) is 35.0 Å². The Morgan fingerprint density at radius 3 is 2.39 bits per heavy atom. The van der Waals surface area contributed by atoms with Crippen LogP contribution in [0, 0.1) is 13.5 Å². The van der Waals surface area contributed by atoms with Crippen molar-refractivity contribution in [3.05, 3.63) is 62.2 Å². The molecular weight excluding hydrogens is 398 g/mol. The van der Waals surface area contributed by atoms with Crippen molar-refractivity contribution in [1.82, 2.24) is 4.98 Å². The molecule has 0 unspecified atom stereocenters. The van der Waals surface area contributed by atoms with Gasteiger partial charge in [-0.3, -0.25) is 0 Å². The third-order valence-corrected chi connectivity index (χ3v) is 2.41. The molecule has 3 aromatic rings. The number of hydrogen-bond acceptors (Lipinski definition) is 1. The maximum absolute atomic E-state index is 4.38. The van der Waals surface area contributed by atoms with E-state index in [1.54, 1.807) is 0 Å². The number of rotatable bonds is 0. The van der Waals surface area contributed by atoms with Gasteiger partial charge < -0.3 is 12.4 Å². The summed E-state index contributed by atoms with van der Waals surface area (Å²) in [7, 11) is 0. The van der Waals surface area contributed by atoms with Crippen LogP contribution in [-0.2, 0) is 20.1 Å². The second-order valence-corrected chi connectivity index (χ2v) is 3.28. The van der Waals surface area contributed by atoms with Crippen LogP contribution in [0.3, 0.4) is 0 Å². The Kier molecular flexibility index (Phi) is 7.42. The van der Waals surface area contributed by atoms with Gasteiger partial charge in [-0.05, 0) is 17.0 Å². The van der Waals surface area contributed by atoms with Crippen LogP contribution in [-0.4, -0.2) is 4.98 Å². The number of benzene rings is 2. The second-order valence-electron chi connectivity index (χ2n) is 3.28. The largest absolute Gasteiger partial charge is 0.358 e. The van der Waals surface area contributed by atoms with E-state index in [1.165, 1.54) is 10.8 Å². The predicted molar refractivity (Wildman–Crippen MR) is 75.8 cm³/mol. The first-order valence-corrected chi connectivity index (χ1v) is 5.59. The first-order chi connectivity index (χ1) is 7.95. The van der Waals surface area contributed by atoms with Crippen LogP contribution in [0.5, 0.6) is 0 Å². The predicted octanol–water partition coefficient (Wildman–Crippen LogP) is 4.66. The minimum Gasteiger partial charge on any atom is -0.358 e. The Balaban J connectivity index is 0.000000691. The summed E-state index contributed by atoms with van der Waals surface area (Å²) in [4.78, 5) is 4.38. The van der Waals surface area contributed by atoms with Crippen molar-refractivity contribution in [3.8, 4) is 0 Å². The molecule has 18 heavy (non-hydrogen) atoms. The molecule has 2 aromatic carbocycles. The first kappa shape index (κ1) is 16.8. The molecule has 0 N–H and O–H groups in total. The third kappa shape index (κ3) is 3.16. The molecule has 0 bridgehead atoms. The summed E-state index contributed by atoms with van der Waals surface area (Å²) in [6.45, 7) is 4.00. The summed E-state index contributed by atoms with van der Waals surface area (Å²) in [6.07, 6.45) is 1.82. The molecule has 0 aliphatic carbocycles. The van der Waals surface area contributed by atoms with Gasteiger partial charge in [0.05, 0.1) is 0 Å². The van der Waals surface area contributed by atoms with E-state index in [2.05, 4.69) is 35.3 Å². The standard InChI is InChI=1S/C13H8N.C2H6.CH3.Ir/c1-2-6-12-10(4-1)7-8-11-5-3-9-14-13(11)12;1-2;;/h1-5,7-9H;1-2H3;1H3;/q-1;;-1;. The Hall–Kier alpha value is -1.24. The normalized spacial score (nSPS) is 8.78. The molecule has 0 saturated heterocycles. The fourth-order valence-electron chi connectivity index (χ4n) is 1.73. The quantitative estimate of drug-likeness (QED) is 0.384. The van der Waals surface area contributed by atoms with E-state index in [4.69, 9.17) is 0 Å². The number of pyridine rings is 1. The van der Waals surface area contributed by atoms with Gasteiger partial charge in [0.25, 0.3) is 0 Å². The fourth-order valence-corrected chi connectivity index (χ4v) is 1.73. The number of aromatic nitrogens is 1. The number of fused-ring (bicyclic) bond motifs is 3. The van der Waals surface area contributed by atoms with Gasteiger partial charge in [0.2, 0.25) is 0 Å². The zero-order valence-electron chi connectivity index (χ0n) is 10.9. The number of nitrogens with zero attached hydrogens (tertiary/aromatic N) is 1. The Morgan fingerprint density at radius 1 is 0.944 bits per heavy atom. The summed E-state index contributed by atoms with van der Waals surface area (Å²) in [6, 6.07) is 17.5. The zero-order chi connectivity index (χ0) is 11.4. The SMILES string of the molecule is CC.[CH3-].[Ir].[c-]1cccc2ccc3cccnc3c12. The molecule has 97 valence electrons. The van der Waals surface area contributed by atoms with E-state index in [0.29, 0.717) is 0 Å². The van der Waals surface area contributed by atoms with E-state index in [9.17, 15) is 0 Å². The van der Waals surface area contributed by atoms with E-state index < -0.39 is 0 Å². The molecule has 1 radical (unpaired) electrons. The topological polar surface area (TPSA) is 12.9 Å². The Morgan fingerprint density at radius 2 is 1.61 bits per heavy atom. The van der Waals surface area contributed by atoms with Gasteiger partial charge in [-0.25, -0.2) is 0 Å². The molecule has 0 amide bonds. The maximum Gasteiger partial charge on any atom is 0.0161 e. The van der Waals surface area contributed by atoms with Crippen LogP contribution < -0.4 is 0 Å². The molecule has 1 aromatic heterocycles. The summed E-state index contributed by atoms with van der Waals surface area (Å²) in [5.74, 6) is 0. The van der Waals surface area contributed by atoms with Crippen molar-refractivity contribution in [1.29, 1.82) is 0 Å². The number of hydrogen-bond donors (Lipinski definition) is 0.